The number of nitrogens with two attached hydrogens (primary N) is 1. The van der Waals surface area contributed by atoms with Crippen molar-refractivity contribution in [2.45, 2.75) is 31.8 Å². The normalized spacial score (nSPS) is 23.8. The van der Waals surface area contributed by atoms with Crippen LogP contribution in [0.15, 0.2) is 24.3 Å². The van der Waals surface area contributed by atoms with Gasteiger partial charge in [-0.1, -0.05) is 23.7 Å². The van der Waals surface area contributed by atoms with E-state index >= 15 is 0 Å². The van der Waals surface area contributed by atoms with Gasteiger partial charge in [-0.05, 0) is 31.9 Å². The lowest BCUT2D eigenvalue weighted by Crippen LogP contribution is -2.49. The summed E-state index contributed by atoms with van der Waals surface area (Å²) < 4.78 is 0. The highest BCUT2D eigenvalue weighted by molar-refractivity contribution is 6.33. The predicted octanol–water partition coefficient (Wildman–Crippen LogP) is 2.68. The van der Waals surface area contributed by atoms with E-state index in [1.807, 2.05) is 24.0 Å². The first-order valence-corrected chi connectivity index (χ1v) is 6.53. The lowest BCUT2D eigenvalue weighted by atomic mass is 10.00. The number of carbonyl (C=O) groups excluding carboxylic acids is 1. The van der Waals surface area contributed by atoms with Crippen LogP contribution in [0.4, 0.5) is 10.5 Å². The molecule has 2 rings (SSSR count). The molecule has 1 aliphatic rings. The number of likely N-dealkylation sites (tertiary alicyclic amines) is 1. The number of nitrogens with zero attached hydrogens (tertiary/aromatic N) is 1. The second-order valence-corrected chi connectivity index (χ2v) is 5.14. The molecule has 1 fully saturated rings. The van der Waals surface area contributed by atoms with Crippen molar-refractivity contribution in [3.05, 3.63) is 29.3 Å². The first kappa shape index (κ1) is 13.2. The van der Waals surface area contributed by atoms with Crippen LogP contribution in [0.3, 0.4) is 0 Å². The van der Waals surface area contributed by atoms with Crippen molar-refractivity contribution in [2.75, 3.05) is 11.9 Å². The minimum Gasteiger partial charge on any atom is -0.328 e. The molecule has 2 unspecified atom stereocenters. The van der Waals surface area contributed by atoms with Gasteiger partial charge in [-0.25, -0.2) is 4.79 Å². The molecule has 0 aromatic heterocycles. The summed E-state index contributed by atoms with van der Waals surface area (Å²) in [6.07, 6.45) is 1.69. The van der Waals surface area contributed by atoms with Crippen molar-refractivity contribution < 1.29 is 4.79 Å². The van der Waals surface area contributed by atoms with Crippen molar-refractivity contribution in [3.63, 3.8) is 0 Å². The monoisotopic (exact) mass is 267 g/mol. The summed E-state index contributed by atoms with van der Waals surface area (Å²) in [6.45, 7) is 2.71. The molecule has 0 saturated carbocycles. The van der Waals surface area contributed by atoms with Gasteiger partial charge in [0, 0.05) is 18.6 Å². The molecule has 5 heteroatoms. The van der Waals surface area contributed by atoms with Crippen molar-refractivity contribution in [1.29, 1.82) is 0 Å². The Kier molecular flexibility index (Phi) is 4.09. The Labute approximate surface area is 112 Å². The number of anilines is 1. The van der Waals surface area contributed by atoms with Crippen LogP contribution in [0.25, 0.3) is 0 Å². The fourth-order valence-electron chi connectivity index (χ4n) is 2.26. The Bertz CT molecular complexity index is 438. The van der Waals surface area contributed by atoms with Crippen LogP contribution in [0.1, 0.15) is 19.8 Å². The van der Waals surface area contributed by atoms with Crippen LogP contribution in [0.2, 0.25) is 5.02 Å². The second-order valence-electron chi connectivity index (χ2n) is 4.74. The molecular formula is C13H18ClN3O. The minimum absolute atomic E-state index is 0.109. The molecule has 18 heavy (non-hydrogen) atoms. The number of para-hydroxylation sites is 1. The van der Waals surface area contributed by atoms with Gasteiger partial charge in [0.1, 0.15) is 0 Å². The Morgan fingerprint density at radius 3 is 2.89 bits per heavy atom. The molecule has 4 nitrogen and oxygen atoms in total. The molecule has 0 aliphatic carbocycles. The van der Waals surface area contributed by atoms with Gasteiger partial charge < -0.3 is 16.0 Å². The zero-order chi connectivity index (χ0) is 13.1. The summed E-state index contributed by atoms with van der Waals surface area (Å²) in [5, 5.41) is 3.39. The van der Waals surface area contributed by atoms with Crippen LogP contribution >= 0.6 is 11.6 Å². The van der Waals surface area contributed by atoms with Crippen molar-refractivity contribution >= 4 is 23.3 Å². The summed E-state index contributed by atoms with van der Waals surface area (Å²) in [5.74, 6) is 0. The number of nitrogens with one attached hydrogen (secondary N) is 1. The lowest BCUT2D eigenvalue weighted by molar-refractivity contribution is 0.163. The van der Waals surface area contributed by atoms with Gasteiger partial charge in [0.2, 0.25) is 0 Å². The number of rotatable bonds is 1. The Balaban J connectivity index is 2.02. The number of amides is 2. The molecule has 0 bridgehead atoms. The number of urea groups is 1. The van der Waals surface area contributed by atoms with Crippen LogP contribution < -0.4 is 11.1 Å². The molecule has 1 saturated heterocycles. The second kappa shape index (κ2) is 5.59. The first-order valence-electron chi connectivity index (χ1n) is 6.15. The molecular weight excluding hydrogens is 250 g/mol. The van der Waals surface area contributed by atoms with E-state index in [-0.39, 0.29) is 18.1 Å². The maximum absolute atomic E-state index is 12.2. The van der Waals surface area contributed by atoms with E-state index in [0.29, 0.717) is 17.3 Å². The largest absolute Gasteiger partial charge is 0.328 e. The van der Waals surface area contributed by atoms with Crippen LogP contribution in [-0.2, 0) is 0 Å². The molecule has 1 heterocycles. The number of halogens is 1. The van der Waals surface area contributed by atoms with Gasteiger partial charge in [-0.2, -0.15) is 0 Å². The van der Waals surface area contributed by atoms with Gasteiger partial charge in [0.05, 0.1) is 10.7 Å². The van der Waals surface area contributed by atoms with Crippen molar-refractivity contribution in [2.24, 2.45) is 5.73 Å². The third kappa shape index (κ3) is 2.94. The SMILES string of the molecule is CC1CC(N)CCN1C(=O)Nc1ccccc1Cl. The quantitative estimate of drug-likeness (QED) is 0.822. The maximum atomic E-state index is 12.2. The smallest absolute Gasteiger partial charge is 0.322 e. The van der Waals surface area contributed by atoms with Crippen LogP contribution in [0.5, 0.6) is 0 Å². The Morgan fingerprint density at radius 2 is 2.22 bits per heavy atom. The third-order valence-corrected chi connectivity index (χ3v) is 3.62. The predicted molar refractivity (Wildman–Crippen MR) is 73.8 cm³/mol. The fraction of sp³-hybridized carbons (Fsp3) is 0.462. The summed E-state index contributed by atoms with van der Waals surface area (Å²) in [6, 6.07) is 7.48. The van der Waals surface area contributed by atoms with Crippen molar-refractivity contribution in [1.82, 2.24) is 4.90 Å². The number of carbonyl (C=O) groups is 1. The first-order chi connectivity index (χ1) is 8.58. The summed E-state index contributed by atoms with van der Waals surface area (Å²) in [7, 11) is 0. The van der Waals surface area contributed by atoms with E-state index in [1.165, 1.54) is 0 Å². The highest BCUT2D eigenvalue weighted by Gasteiger charge is 2.27. The molecule has 1 aliphatic heterocycles. The van der Waals surface area contributed by atoms with Gasteiger partial charge >= 0.3 is 6.03 Å². The minimum atomic E-state index is -0.109. The average molecular weight is 268 g/mol. The van der Waals surface area contributed by atoms with E-state index in [9.17, 15) is 4.79 Å². The number of hydrogen-bond donors (Lipinski definition) is 2. The Morgan fingerprint density at radius 1 is 1.50 bits per heavy atom. The van der Waals surface area contributed by atoms with Crippen LogP contribution in [0, 0.1) is 0 Å². The number of hydrogen-bond acceptors (Lipinski definition) is 2. The van der Waals surface area contributed by atoms with Gasteiger partial charge in [0.15, 0.2) is 0 Å². The number of piperidine rings is 1. The highest BCUT2D eigenvalue weighted by Crippen LogP contribution is 2.22. The summed E-state index contributed by atoms with van der Waals surface area (Å²) >= 11 is 6.01. The highest BCUT2D eigenvalue weighted by atomic mass is 35.5. The average Bonchev–Trinajstić information content (AvgIpc) is 2.32. The maximum Gasteiger partial charge on any atom is 0.322 e. The topological polar surface area (TPSA) is 58.4 Å². The lowest BCUT2D eigenvalue weighted by Gasteiger charge is -2.36. The van der Waals surface area contributed by atoms with Gasteiger partial charge in [0.25, 0.3) is 0 Å². The van der Waals surface area contributed by atoms with Gasteiger partial charge in [-0.3, -0.25) is 0 Å². The molecule has 0 radical (unpaired) electrons. The van der Waals surface area contributed by atoms with E-state index < -0.39 is 0 Å². The van der Waals surface area contributed by atoms with Gasteiger partial charge in [-0.15, -0.1) is 0 Å². The standard InChI is InChI=1S/C13H18ClN3O/c1-9-8-10(15)6-7-17(9)13(18)16-12-5-3-2-4-11(12)14/h2-5,9-10H,6-8,15H2,1H3,(H,16,18). The molecule has 98 valence electrons. The van der Waals surface area contributed by atoms with E-state index in [2.05, 4.69) is 5.32 Å². The molecule has 1 aromatic carbocycles. The van der Waals surface area contributed by atoms with Crippen molar-refractivity contribution in [3.8, 4) is 0 Å². The Hall–Kier alpha value is -1.26. The van der Waals surface area contributed by atoms with E-state index in [0.717, 1.165) is 12.8 Å². The van der Waals surface area contributed by atoms with E-state index in [4.69, 9.17) is 17.3 Å². The third-order valence-electron chi connectivity index (χ3n) is 3.29. The zero-order valence-corrected chi connectivity index (χ0v) is 11.2. The molecule has 2 amide bonds. The fourth-order valence-corrected chi connectivity index (χ4v) is 2.44. The number of benzene rings is 1. The molecule has 1 aromatic rings. The van der Waals surface area contributed by atoms with E-state index in [1.54, 1.807) is 12.1 Å². The summed E-state index contributed by atoms with van der Waals surface area (Å²) in [4.78, 5) is 14.0. The zero-order valence-electron chi connectivity index (χ0n) is 10.4. The molecule has 3 N–H and O–H groups in total. The molecule has 2 atom stereocenters. The summed E-state index contributed by atoms with van der Waals surface area (Å²) in [5.41, 5.74) is 6.53. The molecule has 0 spiro atoms. The van der Waals surface area contributed by atoms with Crippen LogP contribution in [-0.4, -0.2) is 29.6 Å².